The second kappa shape index (κ2) is 10.5. The van der Waals surface area contributed by atoms with Crippen molar-refractivity contribution in [3.63, 3.8) is 0 Å². The third-order valence-corrected chi connectivity index (χ3v) is 5.96. The summed E-state index contributed by atoms with van der Waals surface area (Å²) >= 11 is 0. The van der Waals surface area contributed by atoms with Crippen LogP contribution in [-0.4, -0.2) is 65.6 Å². The number of anilines is 1. The Morgan fingerprint density at radius 1 is 0.973 bits per heavy atom. The average molecular weight is 527 g/mol. The van der Waals surface area contributed by atoms with E-state index in [-0.39, 0.29) is 36.1 Å². The van der Waals surface area contributed by atoms with E-state index in [1.807, 2.05) is 11.9 Å². The van der Waals surface area contributed by atoms with Crippen molar-refractivity contribution in [2.45, 2.75) is 18.9 Å². The number of aromatic nitrogens is 2. The van der Waals surface area contributed by atoms with Gasteiger partial charge in [0.2, 0.25) is 11.7 Å². The average Bonchev–Trinajstić information content (AvgIpc) is 3.35. The number of amides is 1. The Morgan fingerprint density at radius 3 is 2.24 bits per heavy atom. The zero-order valence-corrected chi connectivity index (χ0v) is 19.7. The van der Waals surface area contributed by atoms with Crippen molar-refractivity contribution >= 4 is 11.6 Å². The Labute approximate surface area is 208 Å². The molecule has 0 spiro atoms. The molecule has 3 aromatic rings. The fourth-order valence-electron chi connectivity index (χ4n) is 3.85. The Hall–Kier alpha value is -3.45. The van der Waals surface area contributed by atoms with Crippen LogP contribution in [0.25, 0.3) is 11.4 Å². The monoisotopic (exact) mass is 527 g/mol. The molecule has 1 saturated heterocycles. The molecule has 37 heavy (non-hydrogen) atoms. The second-order valence-electron chi connectivity index (χ2n) is 8.73. The first-order chi connectivity index (χ1) is 17.4. The minimum atomic E-state index is -4.78. The number of benzene rings is 2. The normalized spacial score (nSPS) is 15.6. The lowest BCUT2D eigenvalue weighted by Gasteiger charge is -2.33. The van der Waals surface area contributed by atoms with E-state index < -0.39 is 23.8 Å². The van der Waals surface area contributed by atoms with Crippen LogP contribution >= 0.6 is 0 Å². The molecular formula is C24H23F6N5O2. The van der Waals surface area contributed by atoms with Gasteiger partial charge in [-0.15, -0.1) is 0 Å². The van der Waals surface area contributed by atoms with Gasteiger partial charge in [-0.1, -0.05) is 35.5 Å². The van der Waals surface area contributed by atoms with E-state index in [9.17, 15) is 31.1 Å². The molecule has 0 radical (unpaired) electrons. The van der Waals surface area contributed by atoms with Gasteiger partial charge in [0.1, 0.15) is 0 Å². The van der Waals surface area contributed by atoms with Gasteiger partial charge in [0, 0.05) is 37.4 Å². The Balaban J connectivity index is 1.57. The van der Waals surface area contributed by atoms with Gasteiger partial charge in [-0.25, -0.2) is 0 Å². The first-order valence-corrected chi connectivity index (χ1v) is 11.3. The SMILES string of the molecule is CN1CCN(CC(=O)N(Cc2ccc(-c3noc(C(F)(F)F)n3)cc2)c2cccc(C(F)(F)F)c2)CC1. The number of likely N-dealkylation sites (N-methyl/N-ethyl adjacent to an activating group) is 1. The first-order valence-electron chi connectivity index (χ1n) is 11.3. The summed E-state index contributed by atoms with van der Waals surface area (Å²) in [6.45, 7) is 2.82. The molecule has 0 N–H and O–H groups in total. The highest BCUT2D eigenvalue weighted by atomic mass is 19.4. The highest BCUT2D eigenvalue weighted by molar-refractivity contribution is 5.94. The number of piperazine rings is 1. The zero-order chi connectivity index (χ0) is 26.8. The number of alkyl halides is 6. The minimum Gasteiger partial charge on any atom is -0.329 e. The maximum Gasteiger partial charge on any atom is 0.471 e. The van der Waals surface area contributed by atoms with Crippen molar-refractivity contribution in [1.29, 1.82) is 0 Å². The van der Waals surface area contributed by atoms with E-state index >= 15 is 0 Å². The van der Waals surface area contributed by atoms with Crippen LogP contribution in [0.2, 0.25) is 0 Å². The van der Waals surface area contributed by atoms with Gasteiger partial charge in [0.15, 0.2) is 0 Å². The number of hydrogen-bond acceptors (Lipinski definition) is 6. The molecule has 0 unspecified atom stereocenters. The zero-order valence-electron chi connectivity index (χ0n) is 19.7. The van der Waals surface area contributed by atoms with Crippen molar-refractivity contribution in [1.82, 2.24) is 19.9 Å². The predicted octanol–water partition coefficient (Wildman–Crippen LogP) is 4.55. The highest BCUT2D eigenvalue weighted by Gasteiger charge is 2.38. The van der Waals surface area contributed by atoms with Gasteiger partial charge in [-0.2, -0.15) is 31.3 Å². The Bertz CT molecular complexity index is 1220. The smallest absolute Gasteiger partial charge is 0.329 e. The van der Waals surface area contributed by atoms with Gasteiger partial charge < -0.3 is 14.3 Å². The van der Waals surface area contributed by atoms with Gasteiger partial charge >= 0.3 is 18.2 Å². The van der Waals surface area contributed by atoms with Gasteiger partial charge in [0.25, 0.3) is 0 Å². The lowest BCUT2D eigenvalue weighted by atomic mass is 10.1. The molecule has 198 valence electrons. The van der Waals surface area contributed by atoms with Gasteiger partial charge in [-0.3, -0.25) is 9.69 Å². The summed E-state index contributed by atoms with van der Waals surface area (Å²) in [7, 11) is 1.97. The lowest BCUT2D eigenvalue weighted by molar-refractivity contribution is -0.159. The molecule has 1 aliphatic heterocycles. The molecule has 1 amide bonds. The minimum absolute atomic E-state index is 0.0330. The number of carbonyl (C=O) groups excluding carboxylic acids is 1. The fourth-order valence-corrected chi connectivity index (χ4v) is 3.85. The highest BCUT2D eigenvalue weighted by Crippen LogP contribution is 2.33. The van der Waals surface area contributed by atoms with Crippen LogP contribution in [0, 0.1) is 0 Å². The molecule has 2 heterocycles. The molecule has 0 bridgehead atoms. The second-order valence-corrected chi connectivity index (χ2v) is 8.73. The van der Waals surface area contributed by atoms with Crippen LogP contribution in [0.4, 0.5) is 32.0 Å². The van der Waals surface area contributed by atoms with Crippen LogP contribution < -0.4 is 4.90 Å². The van der Waals surface area contributed by atoms with Crippen LogP contribution in [-0.2, 0) is 23.7 Å². The number of rotatable bonds is 6. The Morgan fingerprint density at radius 2 is 1.65 bits per heavy atom. The number of nitrogens with zero attached hydrogens (tertiary/aromatic N) is 5. The lowest BCUT2D eigenvalue weighted by Crippen LogP contribution is -2.49. The van der Waals surface area contributed by atoms with E-state index in [2.05, 4.69) is 19.6 Å². The summed E-state index contributed by atoms with van der Waals surface area (Å²) in [6.07, 6.45) is -9.36. The molecule has 1 aromatic heterocycles. The molecule has 0 aliphatic carbocycles. The predicted molar refractivity (Wildman–Crippen MR) is 121 cm³/mol. The summed E-state index contributed by atoms with van der Waals surface area (Å²) < 4.78 is 82.5. The number of hydrogen-bond donors (Lipinski definition) is 0. The van der Waals surface area contributed by atoms with Crippen molar-refractivity contribution in [2.24, 2.45) is 0 Å². The third kappa shape index (κ3) is 6.66. The molecule has 0 saturated carbocycles. The summed E-state index contributed by atoms with van der Waals surface area (Å²) in [6, 6.07) is 10.5. The van der Waals surface area contributed by atoms with E-state index in [0.717, 1.165) is 25.2 Å². The van der Waals surface area contributed by atoms with Crippen molar-refractivity contribution in [3.05, 3.63) is 65.5 Å². The van der Waals surface area contributed by atoms with Crippen LogP contribution in [0.15, 0.2) is 53.1 Å². The quantitative estimate of drug-likeness (QED) is 0.439. The first kappa shape index (κ1) is 26.6. The van der Waals surface area contributed by atoms with Gasteiger partial charge in [-0.05, 0) is 30.8 Å². The largest absolute Gasteiger partial charge is 0.471 e. The maximum atomic E-state index is 13.3. The summed E-state index contributed by atoms with van der Waals surface area (Å²) in [5, 5.41) is 3.34. The maximum absolute atomic E-state index is 13.3. The molecule has 13 heteroatoms. The van der Waals surface area contributed by atoms with Gasteiger partial charge in [0.05, 0.1) is 18.7 Å². The van der Waals surface area contributed by atoms with Crippen molar-refractivity contribution in [2.75, 3.05) is 44.7 Å². The van der Waals surface area contributed by atoms with Crippen LogP contribution in [0.1, 0.15) is 17.0 Å². The van der Waals surface area contributed by atoms with Crippen molar-refractivity contribution in [3.8, 4) is 11.4 Å². The van der Waals surface area contributed by atoms with E-state index in [1.54, 1.807) is 12.1 Å². The molecular weight excluding hydrogens is 504 g/mol. The van der Waals surface area contributed by atoms with E-state index in [1.165, 1.54) is 29.2 Å². The topological polar surface area (TPSA) is 65.7 Å². The fraction of sp³-hybridized carbons (Fsp3) is 0.375. The molecule has 4 rings (SSSR count). The van der Waals surface area contributed by atoms with Crippen LogP contribution in [0.3, 0.4) is 0 Å². The third-order valence-electron chi connectivity index (χ3n) is 5.96. The number of halogens is 6. The summed E-state index contributed by atoms with van der Waals surface area (Å²) in [5.41, 5.74) is 0.00569. The van der Waals surface area contributed by atoms with E-state index in [4.69, 9.17) is 0 Å². The molecule has 0 atom stereocenters. The molecule has 1 aliphatic rings. The number of carbonyl (C=O) groups is 1. The standard InChI is InChI=1S/C24H23F6N5O2/c1-33-9-11-34(12-10-33)15-20(36)35(19-4-2-3-18(13-19)23(25,26)27)14-16-5-7-17(8-6-16)21-31-22(37-32-21)24(28,29)30/h2-8,13H,9-12,14-15H2,1H3. The van der Waals surface area contributed by atoms with Crippen molar-refractivity contribution < 1.29 is 35.7 Å². The summed E-state index contributed by atoms with van der Waals surface area (Å²) in [4.78, 5) is 22.0. The molecule has 2 aromatic carbocycles. The van der Waals surface area contributed by atoms with E-state index in [0.29, 0.717) is 18.7 Å². The summed E-state index contributed by atoms with van der Waals surface area (Å²) in [5.74, 6) is -2.11. The molecule has 1 fully saturated rings. The Kier molecular flexibility index (Phi) is 7.55. The van der Waals surface area contributed by atoms with Crippen LogP contribution in [0.5, 0.6) is 0 Å². The molecule has 7 nitrogen and oxygen atoms in total.